The molecule has 1 heterocycles. The van der Waals surface area contributed by atoms with Gasteiger partial charge in [0.15, 0.2) is 5.82 Å². The minimum Gasteiger partial charge on any atom is -0.289 e. The molecule has 2 aromatic carbocycles. The van der Waals surface area contributed by atoms with Crippen LogP contribution in [0, 0.1) is 6.92 Å². The molecule has 0 aliphatic heterocycles. The van der Waals surface area contributed by atoms with Gasteiger partial charge in [0.05, 0.1) is 16.1 Å². The molecule has 0 bridgehead atoms. The second kappa shape index (κ2) is 7.09. The van der Waals surface area contributed by atoms with E-state index < -0.39 is 27.5 Å². The molecule has 12 heteroatoms. The maximum Gasteiger partial charge on any atom is 0.416 e. The fourth-order valence-electron chi connectivity index (χ4n) is 2.47. The minimum atomic E-state index is -4.74. The van der Waals surface area contributed by atoms with Gasteiger partial charge in [-0.05, 0) is 42.8 Å². The van der Waals surface area contributed by atoms with Gasteiger partial charge in [0.1, 0.15) is 0 Å². The second-order valence-corrected chi connectivity index (χ2v) is 8.40. The SMILES string of the molecule is Cc1ccc(Br)cc1S(=O)(=O)Nc1cc(-c2n[nH]c(=O)[nH]2)cc(C(F)(F)F)c1. The van der Waals surface area contributed by atoms with E-state index in [9.17, 15) is 26.4 Å². The molecular weight excluding hydrogens is 465 g/mol. The summed E-state index contributed by atoms with van der Waals surface area (Å²) in [4.78, 5) is 13.3. The van der Waals surface area contributed by atoms with Crippen LogP contribution in [0.1, 0.15) is 11.1 Å². The van der Waals surface area contributed by atoms with Crippen LogP contribution in [0.2, 0.25) is 0 Å². The molecule has 0 aliphatic carbocycles. The number of nitrogens with zero attached hydrogens (tertiary/aromatic N) is 1. The zero-order valence-corrected chi connectivity index (χ0v) is 16.5. The monoisotopic (exact) mass is 476 g/mol. The van der Waals surface area contributed by atoms with E-state index in [2.05, 4.69) is 30.7 Å². The Balaban J connectivity index is 2.10. The van der Waals surface area contributed by atoms with Gasteiger partial charge in [-0.15, -0.1) is 0 Å². The molecule has 0 saturated carbocycles. The Kier molecular flexibility index (Phi) is 5.10. The predicted octanol–water partition coefficient (Wildman–Crippen LogP) is 3.66. The third-order valence-electron chi connectivity index (χ3n) is 3.73. The van der Waals surface area contributed by atoms with E-state index in [1.54, 1.807) is 19.1 Å². The van der Waals surface area contributed by atoms with Gasteiger partial charge >= 0.3 is 11.9 Å². The van der Waals surface area contributed by atoms with E-state index in [1.807, 2.05) is 5.10 Å². The van der Waals surface area contributed by atoms with Gasteiger partial charge in [0.2, 0.25) is 0 Å². The highest BCUT2D eigenvalue weighted by atomic mass is 79.9. The Morgan fingerprint density at radius 3 is 2.46 bits per heavy atom. The number of benzene rings is 2. The molecule has 28 heavy (non-hydrogen) atoms. The van der Waals surface area contributed by atoms with Crippen molar-refractivity contribution in [3.63, 3.8) is 0 Å². The van der Waals surface area contributed by atoms with E-state index in [1.165, 1.54) is 6.07 Å². The van der Waals surface area contributed by atoms with Crippen molar-refractivity contribution >= 4 is 31.6 Å². The maximum absolute atomic E-state index is 13.3. The Morgan fingerprint density at radius 1 is 1.14 bits per heavy atom. The Hall–Kier alpha value is -2.60. The van der Waals surface area contributed by atoms with Gasteiger partial charge in [-0.2, -0.15) is 18.3 Å². The van der Waals surface area contributed by atoms with Crippen LogP contribution in [0.3, 0.4) is 0 Å². The molecule has 3 rings (SSSR count). The van der Waals surface area contributed by atoms with Crippen molar-refractivity contribution in [2.75, 3.05) is 4.72 Å². The van der Waals surface area contributed by atoms with E-state index in [0.717, 1.165) is 12.1 Å². The number of halogens is 4. The molecule has 0 radical (unpaired) electrons. The zero-order valence-electron chi connectivity index (χ0n) is 14.1. The van der Waals surface area contributed by atoms with Crippen LogP contribution < -0.4 is 10.4 Å². The summed E-state index contributed by atoms with van der Waals surface area (Å²) in [7, 11) is -4.17. The fraction of sp³-hybridized carbons (Fsp3) is 0.125. The number of aryl methyl sites for hydroxylation is 1. The third-order valence-corrected chi connectivity index (χ3v) is 5.74. The summed E-state index contributed by atoms with van der Waals surface area (Å²) in [6.07, 6.45) is -4.74. The van der Waals surface area contributed by atoms with Crippen LogP contribution >= 0.6 is 15.9 Å². The number of alkyl halides is 3. The van der Waals surface area contributed by atoms with Crippen molar-refractivity contribution in [3.8, 4) is 11.4 Å². The van der Waals surface area contributed by atoms with E-state index in [0.29, 0.717) is 16.1 Å². The van der Waals surface area contributed by atoms with Crippen molar-refractivity contribution in [3.05, 3.63) is 62.5 Å². The molecular formula is C16H12BrF3N4O3S. The van der Waals surface area contributed by atoms with Crippen LogP contribution in [0.25, 0.3) is 11.4 Å². The van der Waals surface area contributed by atoms with Gasteiger partial charge in [-0.1, -0.05) is 22.0 Å². The normalized spacial score (nSPS) is 12.2. The molecule has 3 N–H and O–H groups in total. The number of hydrogen-bond donors (Lipinski definition) is 3. The highest BCUT2D eigenvalue weighted by Gasteiger charge is 2.32. The largest absolute Gasteiger partial charge is 0.416 e. The van der Waals surface area contributed by atoms with Crippen molar-refractivity contribution < 1.29 is 21.6 Å². The van der Waals surface area contributed by atoms with Crippen molar-refractivity contribution in [1.82, 2.24) is 15.2 Å². The van der Waals surface area contributed by atoms with E-state index in [4.69, 9.17) is 0 Å². The highest BCUT2D eigenvalue weighted by molar-refractivity contribution is 9.10. The highest BCUT2D eigenvalue weighted by Crippen LogP contribution is 2.35. The number of anilines is 1. The number of rotatable bonds is 4. The van der Waals surface area contributed by atoms with Gasteiger partial charge in [-0.25, -0.2) is 18.3 Å². The molecule has 0 spiro atoms. The van der Waals surface area contributed by atoms with Gasteiger partial charge in [-0.3, -0.25) is 9.71 Å². The first-order chi connectivity index (χ1) is 13.0. The number of aromatic nitrogens is 3. The molecule has 148 valence electrons. The van der Waals surface area contributed by atoms with Gasteiger partial charge in [0, 0.05) is 10.0 Å². The summed E-state index contributed by atoms with van der Waals surface area (Å²) < 4.78 is 67.8. The van der Waals surface area contributed by atoms with Crippen LogP contribution in [0.15, 0.2) is 50.6 Å². The molecule has 0 amide bonds. The number of aromatic amines is 2. The molecule has 0 saturated heterocycles. The summed E-state index contributed by atoms with van der Waals surface area (Å²) in [5.74, 6) is -0.157. The Labute approximate surface area is 165 Å². The number of H-pyrrole nitrogens is 2. The third kappa shape index (κ3) is 4.28. The number of sulfonamides is 1. The standard InChI is InChI=1S/C16H12BrF3N4O3S/c1-8-2-3-11(17)7-13(8)28(26,27)24-12-5-9(14-21-15(25)23-22-14)4-10(6-12)16(18,19)20/h2-7,24H,1H3,(H2,21,22,23,25). The summed E-state index contributed by atoms with van der Waals surface area (Å²) in [6, 6.07) is 7.12. The molecule has 3 aromatic rings. The molecule has 7 nitrogen and oxygen atoms in total. The van der Waals surface area contributed by atoms with Crippen LogP contribution in [-0.2, 0) is 16.2 Å². The van der Waals surface area contributed by atoms with E-state index in [-0.39, 0.29) is 22.0 Å². The molecule has 1 aromatic heterocycles. The lowest BCUT2D eigenvalue weighted by molar-refractivity contribution is -0.137. The zero-order chi connectivity index (χ0) is 20.7. The number of nitrogens with one attached hydrogen (secondary N) is 3. The predicted molar refractivity (Wildman–Crippen MR) is 99.3 cm³/mol. The quantitative estimate of drug-likeness (QED) is 0.533. The average molecular weight is 477 g/mol. The molecule has 0 fully saturated rings. The molecule has 0 aliphatic rings. The first-order valence-electron chi connectivity index (χ1n) is 7.62. The molecule has 0 atom stereocenters. The second-order valence-electron chi connectivity index (χ2n) is 5.84. The average Bonchev–Trinajstić information content (AvgIpc) is 3.02. The minimum absolute atomic E-state index is 0.0889. The van der Waals surface area contributed by atoms with Crippen molar-refractivity contribution in [1.29, 1.82) is 0 Å². The van der Waals surface area contributed by atoms with Crippen molar-refractivity contribution in [2.24, 2.45) is 0 Å². The first-order valence-corrected chi connectivity index (χ1v) is 9.90. The number of hydrogen-bond acceptors (Lipinski definition) is 4. The topological polar surface area (TPSA) is 108 Å². The van der Waals surface area contributed by atoms with Crippen molar-refractivity contribution in [2.45, 2.75) is 18.0 Å². The van der Waals surface area contributed by atoms with Gasteiger partial charge in [0.25, 0.3) is 10.0 Å². The Morgan fingerprint density at radius 2 is 1.86 bits per heavy atom. The Bertz CT molecular complexity index is 1200. The maximum atomic E-state index is 13.3. The fourth-order valence-corrected chi connectivity index (χ4v) is 4.29. The first kappa shape index (κ1) is 20.1. The molecule has 0 unspecified atom stereocenters. The summed E-state index contributed by atoms with van der Waals surface area (Å²) in [6.45, 7) is 1.56. The summed E-state index contributed by atoms with van der Waals surface area (Å²) in [5, 5.41) is 5.63. The summed E-state index contributed by atoms with van der Waals surface area (Å²) in [5.41, 5.74) is -1.83. The lowest BCUT2D eigenvalue weighted by Crippen LogP contribution is -2.15. The lowest BCUT2D eigenvalue weighted by atomic mass is 10.1. The lowest BCUT2D eigenvalue weighted by Gasteiger charge is -2.14. The van der Waals surface area contributed by atoms with Crippen LogP contribution in [-0.4, -0.2) is 23.6 Å². The summed E-state index contributed by atoms with van der Waals surface area (Å²) >= 11 is 3.17. The van der Waals surface area contributed by atoms with Crippen LogP contribution in [0.5, 0.6) is 0 Å². The smallest absolute Gasteiger partial charge is 0.289 e. The van der Waals surface area contributed by atoms with Gasteiger partial charge < -0.3 is 0 Å². The van der Waals surface area contributed by atoms with E-state index >= 15 is 0 Å². The van der Waals surface area contributed by atoms with Crippen LogP contribution in [0.4, 0.5) is 18.9 Å².